The van der Waals surface area contributed by atoms with Crippen molar-refractivity contribution in [3.05, 3.63) is 46.3 Å². The predicted octanol–water partition coefficient (Wildman–Crippen LogP) is 2.42. The topological polar surface area (TPSA) is 55.4 Å². The number of esters is 1. The van der Waals surface area contributed by atoms with Crippen LogP contribution in [0.4, 0.5) is 0 Å². The second-order valence-corrected chi connectivity index (χ2v) is 5.93. The van der Waals surface area contributed by atoms with Crippen LogP contribution in [0.1, 0.15) is 20.8 Å². The maximum Gasteiger partial charge on any atom is 0.325 e. The molecule has 0 radical (unpaired) electrons. The van der Waals surface area contributed by atoms with Gasteiger partial charge in [-0.3, -0.25) is 9.59 Å². The van der Waals surface area contributed by atoms with E-state index in [4.69, 9.17) is 0 Å². The number of hydrogen-bond acceptors (Lipinski definition) is 4. The fourth-order valence-electron chi connectivity index (χ4n) is 2.50. The third-order valence-corrected chi connectivity index (χ3v) is 4.79. The maximum atomic E-state index is 12.1. The Morgan fingerprint density at radius 2 is 2.00 bits per heavy atom. The molecule has 3 rings (SSSR count). The van der Waals surface area contributed by atoms with Crippen molar-refractivity contribution in [2.75, 3.05) is 13.7 Å². The first kappa shape index (κ1) is 13.8. The summed E-state index contributed by atoms with van der Waals surface area (Å²) in [5.74, 6) is -0.674. The lowest BCUT2D eigenvalue weighted by Crippen LogP contribution is -2.29. The third kappa shape index (κ3) is 2.69. The number of nitrogens with one attached hydrogen (secondary N) is 1. The van der Waals surface area contributed by atoms with Gasteiger partial charge in [-0.1, -0.05) is 24.3 Å². The highest BCUT2D eigenvalue weighted by molar-refractivity contribution is 7.17. The molecular weight excluding hydrogens is 286 g/mol. The van der Waals surface area contributed by atoms with Crippen molar-refractivity contribution >= 4 is 23.2 Å². The summed E-state index contributed by atoms with van der Waals surface area (Å²) in [6.45, 7) is -0.103. The molecule has 0 spiro atoms. The highest BCUT2D eigenvalue weighted by Gasteiger charge is 2.21. The second kappa shape index (κ2) is 5.69. The van der Waals surface area contributed by atoms with E-state index in [-0.39, 0.29) is 12.5 Å². The minimum Gasteiger partial charge on any atom is -0.468 e. The molecule has 1 aromatic carbocycles. The number of hydrogen-bond donors (Lipinski definition) is 1. The van der Waals surface area contributed by atoms with Crippen LogP contribution < -0.4 is 5.32 Å². The Morgan fingerprint density at radius 1 is 1.24 bits per heavy atom. The molecule has 4 nitrogen and oxygen atoms in total. The Kier molecular flexibility index (Phi) is 3.75. The third-order valence-electron chi connectivity index (χ3n) is 3.58. The van der Waals surface area contributed by atoms with E-state index in [1.165, 1.54) is 40.0 Å². The Balaban J connectivity index is 1.84. The van der Waals surface area contributed by atoms with E-state index >= 15 is 0 Å². The first-order valence-electron chi connectivity index (χ1n) is 6.75. The van der Waals surface area contributed by atoms with E-state index in [9.17, 15) is 9.59 Å². The number of methoxy groups -OCH3 is 1. The van der Waals surface area contributed by atoms with Crippen molar-refractivity contribution in [3.63, 3.8) is 0 Å². The van der Waals surface area contributed by atoms with Crippen LogP contribution >= 0.6 is 11.3 Å². The average Bonchev–Trinajstić information content (AvgIpc) is 2.96. The number of carbonyl (C=O) groups is 2. The van der Waals surface area contributed by atoms with Gasteiger partial charge in [0, 0.05) is 4.88 Å². The maximum absolute atomic E-state index is 12.1. The van der Waals surface area contributed by atoms with Gasteiger partial charge in [-0.25, -0.2) is 0 Å². The van der Waals surface area contributed by atoms with Crippen LogP contribution in [0.25, 0.3) is 10.4 Å². The number of benzene rings is 1. The Hall–Kier alpha value is -2.14. The van der Waals surface area contributed by atoms with Crippen molar-refractivity contribution in [2.45, 2.75) is 12.8 Å². The molecule has 2 aromatic rings. The highest BCUT2D eigenvalue weighted by Crippen LogP contribution is 2.39. The number of carbonyl (C=O) groups excluding carboxylic acids is 2. The molecule has 1 N–H and O–H groups in total. The summed E-state index contributed by atoms with van der Waals surface area (Å²) < 4.78 is 4.51. The minimum absolute atomic E-state index is 0.103. The second-order valence-electron chi connectivity index (χ2n) is 4.88. The van der Waals surface area contributed by atoms with E-state index in [0.29, 0.717) is 4.88 Å². The molecule has 108 valence electrons. The van der Waals surface area contributed by atoms with Gasteiger partial charge in [0.2, 0.25) is 0 Å². The Morgan fingerprint density at radius 3 is 2.81 bits per heavy atom. The molecule has 1 heterocycles. The first-order chi connectivity index (χ1) is 10.2. The van der Waals surface area contributed by atoms with Crippen LogP contribution in [-0.2, 0) is 22.4 Å². The van der Waals surface area contributed by atoms with Crippen LogP contribution in [0.3, 0.4) is 0 Å². The predicted molar refractivity (Wildman–Crippen MR) is 81.5 cm³/mol. The van der Waals surface area contributed by atoms with Crippen molar-refractivity contribution in [1.29, 1.82) is 0 Å². The standard InChI is InChI=1S/C16H15NO3S/c1-20-14(18)9-17-16(19)13-8-11-7-6-10-4-2-3-5-12(10)15(11)21-13/h2-5,8H,6-7,9H2,1H3,(H,17,19). The van der Waals surface area contributed by atoms with Crippen molar-refractivity contribution in [1.82, 2.24) is 5.32 Å². The minimum atomic E-state index is -0.449. The molecule has 1 aliphatic carbocycles. The summed E-state index contributed by atoms with van der Waals surface area (Å²) in [5.41, 5.74) is 3.76. The van der Waals surface area contributed by atoms with Gasteiger partial charge in [-0.15, -0.1) is 11.3 Å². The van der Waals surface area contributed by atoms with Gasteiger partial charge >= 0.3 is 5.97 Å². The molecule has 1 aliphatic rings. The summed E-state index contributed by atoms with van der Waals surface area (Å²) in [4.78, 5) is 25.0. The van der Waals surface area contributed by atoms with Crippen LogP contribution in [0.2, 0.25) is 0 Å². The average molecular weight is 301 g/mol. The molecule has 0 saturated heterocycles. The lowest BCUT2D eigenvalue weighted by Gasteiger charge is -2.15. The zero-order valence-electron chi connectivity index (χ0n) is 11.6. The van der Waals surface area contributed by atoms with Crippen LogP contribution in [0.5, 0.6) is 0 Å². The van der Waals surface area contributed by atoms with Gasteiger partial charge in [0.05, 0.1) is 12.0 Å². The zero-order chi connectivity index (χ0) is 14.8. The summed E-state index contributed by atoms with van der Waals surface area (Å²) in [6, 6.07) is 10.2. The molecule has 0 atom stereocenters. The Bertz CT molecular complexity index is 705. The largest absolute Gasteiger partial charge is 0.468 e. The van der Waals surface area contributed by atoms with Crippen LogP contribution in [-0.4, -0.2) is 25.5 Å². The first-order valence-corrected chi connectivity index (χ1v) is 7.56. The molecule has 21 heavy (non-hydrogen) atoms. The molecule has 5 heteroatoms. The van der Waals surface area contributed by atoms with Gasteiger partial charge in [0.1, 0.15) is 6.54 Å². The lowest BCUT2D eigenvalue weighted by atomic mass is 9.91. The molecule has 0 bridgehead atoms. The zero-order valence-corrected chi connectivity index (χ0v) is 12.5. The summed E-state index contributed by atoms with van der Waals surface area (Å²) in [6.07, 6.45) is 1.95. The molecule has 0 saturated carbocycles. The fourth-order valence-corrected chi connectivity index (χ4v) is 3.68. The number of amides is 1. The fraction of sp³-hybridized carbons (Fsp3) is 0.250. The smallest absolute Gasteiger partial charge is 0.325 e. The van der Waals surface area contributed by atoms with Crippen molar-refractivity contribution in [3.8, 4) is 10.4 Å². The molecule has 0 fully saturated rings. The molecular formula is C16H15NO3S. The number of ether oxygens (including phenoxy) is 1. The molecule has 1 aromatic heterocycles. The normalized spacial score (nSPS) is 12.2. The number of aryl methyl sites for hydroxylation is 2. The number of fused-ring (bicyclic) bond motifs is 3. The van der Waals surface area contributed by atoms with Crippen molar-refractivity contribution < 1.29 is 14.3 Å². The van der Waals surface area contributed by atoms with E-state index in [1.54, 1.807) is 0 Å². The van der Waals surface area contributed by atoms with Gasteiger partial charge < -0.3 is 10.1 Å². The summed E-state index contributed by atoms with van der Waals surface area (Å²) >= 11 is 1.48. The molecule has 0 unspecified atom stereocenters. The quantitative estimate of drug-likeness (QED) is 0.886. The summed E-state index contributed by atoms with van der Waals surface area (Å²) in [7, 11) is 1.30. The van der Waals surface area contributed by atoms with E-state index in [2.05, 4.69) is 22.2 Å². The van der Waals surface area contributed by atoms with Crippen LogP contribution in [0, 0.1) is 0 Å². The monoisotopic (exact) mass is 301 g/mol. The van der Waals surface area contributed by atoms with Crippen LogP contribution in [0.15, 0.2) is 30.3 Å². The van der Waals surface area contributed by atoms with E-state index in [1.807, 2.05) is 18.2 Å². The number of rotatable bonds is 3. The number of thiophene rings is 1. The lowest BCUT2D eigenvalue weighted by molar-refractivity contribution is -0.139. The van der Waals surface area contributed by atoms with Gasteiger partial charge in [-0.2, -0.15) is 0 Å². The van der Waals surface area contributed by atoms with Gasteiger partial charge in [0.15, 0.2) is 0 Å². The van der Waals surface area contributed by atoms with Gasteiger partial charge in [-0.05, 0) is 35.6 Å². The summed E-state index contributed by atoms with van der Waals surface area (Å²) in [5, 5.41) is 2.58. The van der Waals surface area contributed by atoms with E-state index < -0.39 is 5.97 Å². The highest BCUT2D eigenvalue weighted by atomic mass is 32.1. The SMILES string of the molecule is COC(=O)CNC(=O)c1cc2c(s1)-c1ccccc1CC2. The Labute approximate surface area is 126 Å². The molecule has 1 amide bonds. The van der Waals surface area contributed by atoms with Crippen molar-refractivity contribution in [2.24, 2.45) is 0 Å². The molecule has 0 aliphatic heterocycles. The van der Waals surface area contributed by atoms with E-state index in [0.717, 1.165) is 12.8 Å². The van der Waals surface area contributed by atoms with Gasteiger partial charge in [0.25, 0.3) is 5.91 Å².